The highest BCUT2D eigenvalue weighted by Crippen LogP contribution is 2.21. The van der Waals surface area contributed by atoms with Crippen LogP contribution in [0.2, 0.25) is 4.34 Å². The molecule has 0 saturated carbocycles. The molecule has 27 heavy (non-hydrogen) atoms. The topological polar surface area (TPSA) is 50.6 Å². The largest absolute Gasteiger partial charge is 0.325 e. The predicted octanol–water partition coefficient (Wildman–Crippen LogP) is 3.29. The molecule has 2 aromatic carbocycles. The molecule has 0 radical (unpaired) electrons. The van der Waals surface area contributed by atoms with Crippen LogP contribution in [0, 0.1) is 0 Å². The van der Waals surface area contributed by atoms with Crippen LogP contribution in [-0.2, 0) is 11.3 Å². The second-order valence-electron chi connectivity index (χ2n) is 6.31. The third kappa shape index (κ3) is 5.26. The summed E-state index contributed by atoms with van der Waals surface area (Å²) < 4.78 is 0.746. The summed E-state index contributed by atoms with van der Waals surface area (Å²) in [5.74, 6) is -0.246. The molecule has 6 heteroatoms. The van der Waals surface area contributed by atoms with Crippen LogP contribution in [0.3, 0.4) is 0 Å². The van der Waals surface area contributed by atoms with Gasteiger partial charge < -0.3 is 10.2 Å². The highest BCUT2D eigenvalue weighted by Gasteiger charge is 2.17. The Labute approximate surface area is 167 Å². The number of rotatable bonds is 7. The third-order valence-corrected chi connectivity index (χ3v) is 5.28. The second kappa shape index (κ2) is 8.95. The average Bonchev–Trinajstić information content (AvgIpc) is 3.06. The fraction of sp³-hybridized carbons (Fsp3) is 0.143. The summed E-state index contributed by atoms with van der Waals surface area (Å²) in [6.07, 6.45) is 0. The smallest absolute Gasteiger partial charge is 0.279 e. The van der Waals surface area contributed by atoms with Gasteiger partial charge in [0.1, 0.15) is 6.54 Å². The highest BCUT2D eigenvalue weighted by molar-refractivity contribution is 7.16. The van der Waals surface area contributed by atoms with Gasteiger partial charge in [-0.2, -0.15) is 0 Å². The number of carbonyl (C=O) groups is 2. The molecule has 0 aliphatic heterocycles. The van der Waals surface area contributed by atoms with Crippen molar-refractivity contribution >= 4 is 40.3 Å². The lowest BCUT2D eigenvalue weighted by molar-refractivity contribution is -0.884. The molecule has 4 nitrogen and oxygen atoms in total. The molecular formula is C21H20ClN2O2S+. The summed E-state index contributed by atoms with van der Waals surface area (Å²) in [4.78, 5) is 27.4. The van der Waals surface area contributed by atoms with Crippen molar-refractivity contribution in [1.82, 2.24) is 0 Å². The summed E-state index contributed by atoms with van der Waals surface area (Å²) >= 11 is 7.47. The molecule has 1 aromatic heterocycles. The Bertz CT molecular complexity index is 940. The van der Waals surface area contributed by atoms with Crippen molar-refractivity contribution in [2.24, 2.45) is 0 Å². The van der Waals surface area contributed by atoms with E-state index in [1.807, 2.05) is 43.4 Å². The summed E-state index contributed by atoms with van der Waals surface area (Å²) in [7, 11) is 1.95. The normalized spacial score (nSPS) is 11.8. The van der Waals surface area contributed by atoms with Gasteiger partial charge in [0, 0.05) is 11.1 Å². The molecule has 0 aliphatic rings. The van der Waals surface area contributed by atoms with Crippen molar-refractivity contribution in [3.63, 3.8) is 0 Å². The van der Waals surface area contributed by atoms with Crippen molar-refractivity contribution in [1.29, 1.82) is 0 Å². The minimum atomic E-state index is -0.136. The fourth-order valence-electron chi connectivity index (χ4n) is 2.81. The summed E-state index contributed by atoms with van der Waals surface area (Å²) in [6.45, 7) is 1.01. The Morgan fingerprint density at radius 3 is 2.41 bits per heavy atom. The molecule has 1 unspecified atom stereocenters. The van der Waals surface area contributed by atoms with Crippen molar-refractivity contribution < 1.29 is 14.5 Å². The molecule has 3 aromatic rings. The second-order valence-corrected chi connectivity index (χ2v) is 8.11. The van der Waals surface area contributed by atoms with Crippen molar-refractivity contribution in [3.8, 4) is 0 Å². The van der Waals surface area contributed by atoms with Gasteiger partial charge in [0.2, 0.25) is 0 Å². The number of nitrogens with one attached hydrogen (secondary N) is 2. The quantitative estimate of drug-likeness (QED) is 0.599. The van der Waals surface area contributed by atoms with Gasteiger partial charge in [-0.3, -0.25) is 9.59 Å². The fourth-order valence-corrected chi connectivity index (χ4v) is 4.01. The van der Waals surface area contributed by atoms with Crippen molar-refractivity contribution in [3.05, 3.63) is 87.1 Å². The zero-order chi connectivity index (χ0) is 19.2. The molecular weight excluding hydrogens is 380 g/mol. The first-order valence-corrected chi connectivity index (χ1v) is 9.76. The molecule has 1 heterocycles. The minimum absolute atomic E-state index is 0.111. The van der Waals surface area contributed by atoms with Crippen LogP contribution in [-0.4, -0.2) is 25.3 Å². The Kier molecular flexibility index (Phi) is 6.40. The minimum Gasteiger partial charge on any atom is -0.325 e. The van der Waals surface area contributed by atoms with Gasteiger partial charge in [-0.05, 0) is 24.3 Å². The Morgan fingerprint density at radius 1 is 1.00 bits per heavy atom. The van der Waals surface area contributed by atoms with Crippen LogP contribution in [0.4, 0.5) is 5.69 Å². The first-order valence-electron chi connectivity index (χ1n) is 8.57. The van der Waals surface area contributed by atoms with E-state index in [1.54, 1.807) is 30.3 Å². The summed E-state index contributed by atoms with van der Waals surface area (Å²) in [5, 5.41) is 2.88. The summed E-state index contributed by atoms with van der Waals surface area (Å²) in [5.41, 5.74) is 1.61. The standard InChI is InChI=1S/C21H19ClN2O2S/c1-24(13-16-11-12-19(22)27-16)14-20(25)23-18-10-6-5-9-17(18)21(26)15-7-3-2-4-8-15/h2-12H,13-14H2,1H3,(H,23,25)/p+1. The van der Waals surface area contributed by atoms with E-state index >= 15 is 0 Å². The van der Waals surface area contributed by atoms with Crippen LogP contribution in [0.15, 0.2) is 66.7 Å². The lowest BCUT2D eigenvalue weighted by Crippen LogP contribution is -3.08. The van der Waals surface area contributed by atoms with Gasteiger partial charge in [0.05, 0.1) is 21.9 Å². The van der Waals surface area contributed by atoms with E-state index in [0.717, 1.165) is 20.7 Å². The molecule has 138 valence electrons. The SMILES string of the molecule is C[NH+](CC(=O)Nc1ccccc1C(=O)c1ccccc1)Cc1ccc(Cl)s1. The molecule has 0 aliphatic carbocycles. The monoisotopic (exact) mass is 399 g/mol. The van der Waals surface area contributed by atoms with E-state index in [1.165, 1.54) is 11.3 Å². The molecule has 0 bridgehead atoms. The molecule has 3 rings (SSSR count). The number of hydrogen-bond donors (Lipinski definition) is 2. The maximum absolute atomic E-state index is 12.7. The van der Waals surface area contributed by atoms with E-state index in [-0.39, 0.29) is 11.7 Å². The van der Waals surface area contributed by atoms with Gasteiger partial charge in [0.15, 0.2) is 12.3 Å². The zero-order valence-electron chi connectivity index (χ0n) is 14.9. The molecule has 0 fully saturated rings. The van der Waals surface area contributed by atoms with E-state index in [4.69, 9.17) is 11.6 Å². The van der Waals surface area contributed by atoms with Crippen LogP contribution < -0.4 is 10.2 Å². The third-order valence-electron chi connectivity index (χ3n) is 4.05. The number of quaternary nitrogens is 1. The van der Waals surface area contributed by atoms with Crippen LogP contribution >= 0.6 is 22.9 Å². The Hall–Kier alpha value is -2.47. The highest BCUT2D eigenvalue weighted by atomic mass is 35.5. The number of likely N-dealkylation sites (N-methyl/N-ethyl adjacent to an activating group) is 1. The Balaban J connectivity index is 1.66. The van der Waals surface area contributed by atoms with Crippen molar-refractivity contribution in [2.75, 3.05) is 18.9 Å². The van der Waals surface area contributed by atoms with Gasteiger partial charge in [0.25, 0.3) is 5.91 Å². The van der Waals surface area contributed by atoms with E-state index in [0.29, 0.717) is 23.4 Å². The first kappa shape index (κ1) is 19.3. The molecule has 2 N–H and O–H groups in total. The number of benzene rings is 2. The van der Waals surface area contributed by atoms with Gasteiger partial charge in [-0.15, -0.1) is 11.3 Å². The van der Waals surface area contributed by atoms with Gasteiger partial charge in [-0.1, -0.05) is 54.1 Å². The van der Waals surface area contributed by atoms with Gasteiger partial charge >= 0.3 is 0 Å². The molecule has 0 saturated heterocycles. The lowest BCUT2D eigenvalue weighted by Gasteiger charge is -2.14. The number of amides is 1. The number of anilines is 1. The van der Waals surface area contributed by atoms with Crippen LogP contribution in [0.25, 0.3) is 0 Å². The first-order chi connectivity index (χ1) is 13.0. The number of carbonyl (C=O) groups excluding carboxylic acids is 2. The molecule has 0 spiro atoms. The molecule has 1 amide bonds. The van der Waals surface area contributed by atoms with E-state index < -0.39 is 0 Å². The number of para-hydroxylation sites is 1. The Morgan fingerprint density at radius 2 is 1.70 bits per heavy atom. The van der Waals surface area contributed by atoms with Crippen LogP contribution in [0.1, 0.15) is 20.8 Å². The predicted molar refractivity (Wildman–Crippen MR) is 110 cm³/mol. The molecule has 1 atom stereocenters. The lowest BCUT2D eigenvalue weighted by atomic mass is 10.0. The average molecular weight is 400 g/mol. The number of ketones is 1. The number of thiophene rings is 1. The number of halogens is 1. The van der Waals surface area contributed by atoms with Crippen molar-refractivity contribution in [2.45, 2.75) is 6.54 Å². The maximum Gasteiger partial charge on any atom is 0.279 e. The van der Waals surface area contributed by atoms with Gasteiger partial charge in [-0.25, -0.2) is 0 Å². The summed E-state index contributed by atoms with van der Waals surface area (Å²) in [6, 6.07) is 20.0. The number of hydrogen-bond acceptors (Lipinski definition) is 3. The van der Waals surface area contributed by atoms with Crippen LogP contribution in [0.5, 0.6) is 0 Å². The maximum atomic E-state index is 12.7. The zero-order valence-corrected chi connectivity index (χ0v) is 16.4. The van der Waals surface area contributed by atoms with E-state index in [9.17, 15) is 9.59 Å². The van der Waals surface area contributed by atoms with E-state index in [2.05, 4.69) is 5.32 Å².